The van der Waals surface area contributed by atoms with E-state index in [9.17, 15) is 4.79 Å². The summed E-state index contributed by atoms with van der Waals surface area (Å²) in [5.41, 5.74) is 1.43. The van der Waals surface area contributed by atoms with Gasteiger partial charge < -0.3 is 14.5 Å². The Labute approximate surface area is 133 Å². The maximum absolute atomic E-state index is 12.0. The zero-order valence-electron chi connectivity index (χ0n) is 12.9. The molecule has 0 aliphatic rings. The Morgan fingerprint density at radius 3 is 2.57 bits per heavy atom. The maximum Gasteiger partial charge on any atom is 0.259 e. The van der Waals surface area contributed by atoms with E-state index in [1.807, 2.05) is 42.5 Å². The van der Waals surface area contributed by atoms with Gasteiger partial charge in [-0.2, -0.15) is 0 Å². The van der Waals surface area contributed by atoms with Crippen molar-refractivity contribution in [2.75, 3.05) is 14.2 Å². The first kappa shape index (κ1) is 14.8. The highest BCUT2D eigenvalue weighted by atomic mass is 16.5. The highest BCUT2D eigenvalue weighted by Gasteiger charge is 2.03. The minimum atomic E-state index is -0.150. The zero-order chi connectivity index (χ0) is 16.2. The van der Waals surface area contributed by atoms with Gasteiger partial charge >= 0.3 is 0 Å². The van der Waals surface area contributed by atoms with Crippen molar-refractivity contribution in [2.24, 2.45) is 0 Å². The molecule has 5 nitrogen and oxygen atoms in total. The molecule has 0 amide bonds. The third-order valence-electron chi connectivity index (χ3n) is 3.47. The van der Waals surface area contributed by atoms with Gasteiger partial charge in [0, 0.05) is 0 Å². The maximum atomic E-state index is 12.0. The Morgan fingerprint density at radius 2 is 1.78 bits per heavy atom. The molecule has 23 heavy (non-hydrogen) atoms. The predicted molar refractivity (Wildman–Crippen MR) is 90.8 cm³/mol. The molecular formula is C18H16N2O3. The fourth-order valence-corrected chi connectivity index (χ4v) is 2.32. The number of hydrogen-bond donors (Lipinski definition) is 1. The third-order valence-corrected chi connectivity index (χ3v) is 3.47. The predicted octanol–water partition coefficient (Wildman–Crippen LogP) is 3.11. The van der Waals surface area contributed by atoms with Crippen molar-refractivity contribution in [1.29, 1.82) is 0 Å². The van der Waals surface area contributed by atoms with Crippen LogP contribution in [-0.4, -0.2) is 24.2 Å². The van der Waals surface area contributed by atoms with Crippen LogP contribution < -0.4 is 15.0 Å². The molecule has 0 atom stereocenters. The van der Waals surface area contributed by atoms with Gasteiger partial charge in [0.25, 0.3) is 5.56 Å². The van der Waals surface area contributed by atoms with E-state index in [1.165, 1.54) is 0 Å². The number of para-hydroxylation sites is 1. The number of aromatic nitrogens is 2. The second-order valence-corrected chi connectivity index (χ2v) is 4.92. The van der Waals surface area contributed by atoms with Crippen molar-refractivity contribution in [3.63, 3.8) is 0 Å². The summed E-state index contributed by atoms with van der Waals surface area (Å²) >= 11 is 0. The Kier molecular flexibility index (Phi) is 4.10. The Balaban J connectivity index is 1.95. The number of nitrogens with one attached hydrogen (secondary N) is 1. The first-order valence-electron chi connectivity index (χ1n) is 7.10. The lowest BCUT2D eigenvalue weighted by Gasteiger charge is -2.07. The van der Waals surface area contributed by atoms with Crippen LogP contribution in [0.1, 0.15) is 11.4 Å². The topological polar surface area (TPSA) is 64.2 Å². The zero-order valence-corrected chi connectivity index (χ0v) is 12.9. The van der Waals surface area contributed by atoms with Gasteiger partial charge in [-0.3, -0.25) is 4.79 Å². The molecular weight excluding hydrogens is 292 g/mol. The standard InChI is InChI=1S/C18H16N2O3/c1-22-15-9-7-12(11-16(15)23-2)8-10-17-19-14-6-4-3-5-13(14)18(21)20-17/h3-11H,1-2H3,(H,19,20,21)/b10-8+. The van der Waals surface area contributed by atoms with Gasteiger partial charge in [-0.05, 0) is 35.9 Å². The first-order chi connectivity index (χ1) is 11.2. The van der Waals surface area contributed by atoms with Crippen molar-refractivity contribution in [3.05, 3.63) is 64.2 Å². The van der Waals surface area contributed by atoms with Crippen LogP contribution in [0.15, 0.2) is 47.3 Å². The highest BCUT2D eigenvalue weighted by Crippen LogP contribution is 2.28. The number of hydrogen-bond acceptors (Lipinski definition) is 4. The lowest BCUT2D eigenvalue weighted by Crippen LogP contribution is -2.09. The van der Waals surface area contributed by atoms with Crippen LogP contribution in [0.2, 0.25) is 0 Å². The van der Waals surface area contributed by atoms with Crippen molar-refractivity contribution in [2.45, 2.75) is 0 Å². The summed E-state index contributed by atoms with van der Waals surface area (Å²) in [5.74, 6) is 1.82. The summed E-state index contributed by atoms with van der Waals surface area (Å²) in [4.78, 5) is 19.2. The normalized spacial score (nSPS) is 11.0. The molecule has 0 aliphatic heterocycles. The molecule has 1 N–H and O–H groups in total. The van der Waals surface area contributed by atoms with Gasteiger partial charge in [-0.15, -0.1) is 0 Å². The van der Waals surface area contributed by atoms with Crippen LogP contribution >= 0.6 is 0 Å². The molecule has 116 valence electrons. The number of nitrogens with zero attached hydrogens (tertiary/aromatic N) is 1. The molecule has 0 radical (unpaired) electrons. The fraction of sp³-hybridized carbons (Fsp3) is 0.111. The number of H-pyrrole nitrogens is 1. The third kappa shape index (κ3) is 3.08. The van der Waals surface area contributed by atoms with E-state index in [0.717, 1.165) is 5.56 Å². The molecule has 0 saturated carbocycles. The van der Waals surface area contributed by atoms with E-state index in [4.69, 9.17) is 9.47 Å². The molecule has 0 saturated heterocycles. The van der Waals surface area contributed by atoms with Crippen molar-refractivity contribution in [3.8, 4) is 11.5 Å². The number of benzene rings is 2. The van der Waals surface area contributed by atoms with Crippen LogP contribution in [-0.2, 0) is 0 Å². The summed E-state index contributed by atoms with van der Waals surface area (Å²) in [7, 11) is 3.19. The number of fused-ring (bicyclic) bond motifs is 1. The molecule has 0 spiro atoms. The summed E-state index contributed by atoms with van der Waals surface area (Å²) in [6.45, 7) is 0. The van der Waals surface area contributed by atoms with Gasteiger partial charge in [0.15, 0.2) is 11.5 Å². The van der Waals surface area contributed by atoms with E-state index < -0.39 is 0 Å². The van der Waals surface area contributed by atoms with E-state index in [0.29, 0.717) is 28.2 Å². The van der Waals surface area contributed by atoms with Crippen LogP contribution in [0.5, 0.6) is 11.5 Å². The lowest BCUT2D eigenvalue weighted by atomic mass is 10.2. The van der Waals surface area contributed by atoms with Gasteiger partial charge in [0.1, 0.15) is 5.82 Å². The first-order valence-corrected chi connectivity index (χ1v) is 7.10. The molecule has 1 heterocycles. The molecule has 3 aromatic rings. The summed E-state index contributed by atoms with van der Waals surface area (Å²) in [6, 6.07) is 12.8. The summed E-state index contributed by atoms with van der Waals surface area (Å²) in [6.07, 6.45) is 3.62. The minimum absolute atomic E-state index is 0.150. The Morgan fingerprint density at radius 1 is 1.00 bits per heavy atom. The van der Waals surface area contributed by atoms with Crippen LogP contribution in [0.3, 0.4) is 0 Å². The molecule has 0 bridgehead atoms. The Bertz CT molecular complexity index is 929. The number of rotatable bonds is 4. The largest absolute Gasteiger partial charge is 0.493 e. The second-order valence-electron chi connectivity index (χ2n) is 4.92. The molecule has 1 aromatic heterocycles. The van der Waals surface area contributed by atoms with Gasteiger partial charge in [-0.1, -0.05) is 24.3 Å². The Hall–Kier alpha value is -3.08. The second kappa shape index (κ2) is 6.36. The van der Waals surface area contributed by atoms with Crippen molar-refractivity contribution < 1.29 is 9.47 Å². The summed E-state index contributed by atoms with van der Waals surface area (Å²) in [5, 5.41) is 0.579. The number of ether oxygens (including phenoxy) is 2. The smallest absolute Gasteiger partial charge is 0.259 e. The fourth-order valence-electron chi connectivity index (χ4n) is 2.32. The monoisotopic (exact) mass is 308 g/mol. The SMILES string of the molecule is COc1ccc(/C=C/c2nc3ccccc3c(=O)[nH]2)cc1OC. The molecule has 0 unspecified atom stereocenters. The van der Waals surface area contributed by atoms with Crippen LogP contribution in [0.25, 0.3) is 23.1 Å². The molecule has 5 heteroatoms. The minimum Gasteiger partial charge on any atom is -0.493 e. The van der Waals surface area contributed by atoms with Crippen LogP contribution in [0, 0.1) is 0 Å². The number of aromatic amines is 1. The molecule has 2 aromatic carbocycles. The molecule has 0 aliphatic carbocycles. The highest BCUT2D eigenvalue weighted by molar-refractivity contribution is 5.79. The van der Waals surface area contributed by atoms with E-state index in [1.54, 1.807) is 26.4 Å². The van der Waals surface area contributed by atoms with E-state index in [2.05, 4.69) is 9.97 Å². The van der Waals surface area contributed by atoms with E-state index >= 15 is 0 Å². The molecule has 0 fully saturated rings. The van der Waals surface area contributed by atoms with Gasteiger partial charge in [0.2, 0.25) is 0 Å². The van der Waals surface area contributed by atoms with Crippen LogP contribution in [0.4, 0.5) is 0 Å². The van der Waals surface area contributed by atoms with Crippen molar-refractivity contribution >= 4 is 23.1 Å². The lowest BCUT2D eigenvalue weighted by molar-refractivity contribution is 0.355. The average molecular weight is 308 g/mol. The van der Waals surface area contributed by atoms with E-state index in [-0.39, 0.29) is 5.56 Å². The quantitative estimate of drug-likeness (QED) is 0.804. The average Bonchev–Trinajstić information content (AvgIpc) is 2.59. The number of methoxy groups -OCH3 is 2. The van der Waals surface area contributed by atoms with Crippen molar-refractivity contribution in [1.82, 2.24) is 9.97 Å². The summed E-state index contributed by atoms with van der Waals surface area (Å²) < 4.78 is 10.5. The van der Waals surface area contributed by atoms with Gasteiger partial charge in [-0.25, -0.2) is 4.98 Å². The molecule has 3 rings (SSSR count). The van der Waals surface area contributed by atoms with Gasteiger partial charge in [0.05, 0.1) is 25.1 Å².